The summed E-state index contributed by atoms with van der Waals surface area (Å²) in [5, 5.41) is 85.0. The predicted molar refractivity (Wildman–Crippen MR) is 344 cm³/mol. The first-order chi connectivity index (χ1) is 40.7. The summed E-state index contributed by atoms with van der Waals surface area (Å²) in [6.07, 6.45) is 0. The van der Waals surface area contributed by atoms with E-state index in [9.17, 15) is 0 Å². The van der Waals surface area contributed by atoms with Crippen LogP contribution in [0.1, 0.15) is 43.0 Å². The topological polar surface area (TPSA) is 63.2 Å². The molecule has 0 aromatic heterocycles. The van der Waals surface area contributed by atoms with Gasteiger partial charge in [0.1, 0.15) is 6.61 Å². The summed E-state index contributed by atoms with van der Waals surface area (Å²) in [6, 6.07) is 0. The molecule has 0 aliphatic heterocycles. The SMILES string of the molecule is CC(C)(C)[Si](C)(C)OCCOCCOCCOCCOC(=O)C1C23c4c5c6c7c8c9c(c%10c%11c2c2c4c4c%12c5c5c6c6c8c8c%13c9c9c%10c%10c%11c%11c2c2c4c4c%12c%12c5c5c6c8c6c8c%13c9c9c%10c%10c%11c2c2c4c4c%12c5c6c5c8c9c%10c2c45)C713. The summed E-state index contributed by atoms with van der Waals surface area (Å²) >= 11 is 0. The Morgan fingerprint density at radius 3 is 0.651 bits per heavy atom. The standard InChI is InChI=1S/C76H32O6Si/c1-74(2,3)83(4,5)82-13-11-80-9-7-78-6-8-79-10-12-81-73(77)72-75-68-60-52-42-32-24-16-14-15-18-22-20(16)28-36-30(22)40-34-26(18)27-19(15)23-21-17(14)25(24)33-39-29(21)37-31(23)41-35(27)45-44(34)54-48(40)58-50(36)56(46(52)38(28)32)64(68)66(58)70-62(54)63-55(45)49(41)59-51(37)57-47(39)53(43(33)42)61(60)69(75)65(57)67(59)71(63)76(70,72)75/h72H,6-13H2,1-5H3. The second kappa shape index (κ2) is 9.02. The molecule has 6 nitrogen and oxygen atoms in total. The number of hydrogen-bond donors (Lipinski definition) is 0. The van der Waals surface area contributed by atoms with E-state index in [0.717, 1.165) is 0 Å². The van der Waals surface area contributed by atoms with Gasteiger partial charge in [0, 0.05) is 0 Å². The van der Waals surface area contributed by atoms with Gasteiger partial charge in [-0.2, -0.15) is 0 Å². The fraction of sp³-hybridized carbons (Fsp3) is 0.224. The van der Waals surface area contributed by atoms with Crippen LogP contribution in [0.2, 0.25) is 18.1 Å². The predicted octanol–water partition coefficient (Wildman–Crippen LogP) is 18.5. The monoisotopic (exact) mass is 1070 g/mol. The van der Waals surface area contributed by atoms with Gasteiger partial charge in [0.15, 0.2) is 8.32 Å². The quantitative estimate of drug-likeness (QED) is 0.0468. The zero-order valence-electron chi connectivity index (χ0n) is 45.2. The number of hydrogen-bond acceptors (Lipinski definition) is 6. The highest BCUT2D eigenvalue weighted by Gasteiger charge is 2.89. The molecule has 7 heteroatoms. The van der Waals surface area contributed by atoms with Crippen LogP contribution >= 0.6 is 0 Å². The Kier molecular flexibility index (Phi) is 3.97. The van der Waals surface area contributed by atoms with Gasteiger partial charge >= 0.3 is 5.97 Å². The average Bonchev–Trinajstić information content (AvgIpc) is 1.37. The van der Waals surface area contributed by atoms with Crippen LogP contribution in [0.25, 0.3) is 291 Å². The Balaban J connectivity index is 0.721. The molecule has 0 atom stereocenters. The number of carbonyl (C=O) groups is 1. The van der Waals surface area contributed by atoms with E-state index in [1.54, 1.807) is 248 Å². The van der Waals surface area contributed by atoms with Crippen LogP contribution in [0.15, 0.2) is 0 Å². The molecule has 5 aliphatic carbocycles. The first-order valence-corrected chi connectivity index (χ1v) is 33.9. The molecule has 28 aromatic carbocycles. The average molecular weight is 1070 g/mol. The number of esters is 1. The largest absolute Gasteiger partial charge is 0.463 e. The molecule has 83 heavy (non-hydrogen) atoms. The molecule has 5 aliphatic rings. The van der Waals surface area contributed by atoms with Crippen LogP contribution < -0.4 is 0 Å². The fourth-order valence-corrected chi connectivity index (χ4v) is 27.2. The maximum Gasteiger partial charge on any atom is 0.311 e. The molecule has 0 radical (unpaired) electrons. The lowest BCUT2D eigenvalue weighted by Gasteiger charge is -2.36. The zero-order chi connectivity index (χ0) is 51.8. The molecule has 0 N–H and O–H groups in total. The third-order valence-electron chi connectivity index (χ3n) is 28.2. The Morgan fingerprint density at radius 2 is 0.458 bits per heavy atom. The van der Waals surface area contributed by atoms with E-state index in [2.05, 4.69) is 33.9 Å². The number of benzene rings is 18. The van der Waals surface area contributed by atoms with Crippen molar-refractivity contribution in [2.45, 2.75) is 49.7 Å². The van der Waals surface area contributed by atoms with Crippen molar-refractivity contribution in [3.8, 4) is 0 Å². The highest BCUT2D eigenvalue weighted by atomic mass is 28.4. The highest BCUT2D eigenvalue weighted by molar-refractivity contribution is 6.82. The van der Waals surface area contributed by atoms with E-state index in [-0.39, 0.29) is 23.5 Å². The van der Waals surface area contributed by atoms with Crippen molar-refractivity contribution >= 4 is 305 Å². The highest BCUT2D eigenvalue weighted by Crippen LogP contribution is 2.92. The van der Waals surface area contributed by atoms with Crippen LogP contribution in [-0.4, -0.2) is 67.1 Å². The van der Waals surface area contributed by atoms with Crippen LogP contribution in [-0.2, 0) is 39.0 Å². The van der Waals surface area contributed by atoms with Crippen LogP contribution in [0.4, 0.5) is 0 Å². The third kappa shape index (κ3) is 2.34. The van der Waals surface area contributed by atoms with Gasteiger partial charge in [-0.05, 0) is 331 Å². The molecule has 1 saturated carbocycles. The molecule has 0 amide bonds. The third-order valence-corrected chi connectivity index (χ3v) is 32.7. The smallest absolute Gasteiger partial charge is 0.311 e. The number of ether oxygens (including phenoxy) is 4. The summed E-state index contributed by atoms with van der Waals surface area (Å²) in [7, 11) is -1.80. The summed E-state index contributed by atoms with van der Waals surface area (Å²) in [5.41, 5.74) is 4.93. The van der Waals surface area contributed by atoms with Gasteiger partial charge in [-0.3, -0.25) is 4.79 Å². The van der Waals surface area contributed by atoms with E-state index < -0.39 is 19.1 Å². The first-order valence-electron chi connectivity index (χ1n) is 31.0. The van der Waals surface area contributed by atoms with E-state index in [1.165, 1.54) is 65.3 Å². The van der Waals surface area contributed by atoms with Gasteiger partial charge < -0.3 is 23.4 Å². The van der Waals surface area contributed by atoms with Gasteiger partial charge in [0.2, 0.25) is 0 Å². The first kappa shape index (κ1) is 36.5. The maximum absolute atomic E-state index is 16.6. The van der Waals surface area contributed by atoms with E-state index >= 15 is 4.79 Å². The molecule has 33 rings (SSSR count). The van der Waals surface area contributed by atoms with E-state index in [1.807, 2.05) is 0 Å². The summed E-state index contributed by atoms with van der Waals surface area (Å²) in [4.78, 5) is 16.6. The van der Waals surface area contributed by atoms with Crippen molar-refractivity contribution in [3.05, 3.63) is 22.3 Å². The van der Waals surface area contributed by atoms with Gasteiger partial charge in [-0.25, -0.2) is 0 Å². The van der Waals surface area contributed by atoms with Crippen molar-refractivity contribution in [2.75, 3.05) is 52.9 Å². The van der Waals surface area contributed by atoms with E-state index in [4.69, 9.17) is 23.4 Å². The number of rotatable bonds is 14. The molecule has 1 fully saturated rings. The van der Waals surface area contributed by atoms with Crippen LogP contribution in [0.3, 0.4) is 0 Å². The molecule has 2 spiro atoms. The minimum Gasteiger partial charge on any atom is -0.463 e. The Morgan fingerprint density at radius 1 is 0.289 bits per heavy atom. The second-order valence-electron chi connectivity index (χ2n) is 30.4. The number of carbonyl (C=O) groups excluding carboxylic acids is 1. The van der Waals surface area contributed by atoms with Crippen LogP contribution in [0.5, 0.6) is 0 Å². The molecule has 0 bridgehead atoms. The lowest BCUT2D eigenvalue weighted by molar-refractivity contribution is -0.147. The Bertz CT molecular complexity index is 6990. The lowest BCUT2D eigenvalue weighted by atomic mass is 9.68. The lowest BCUT2D eigenvalue weighted by Crippen LogP contribution is -2.41. The maximum atomic E-state index is 16.6. The Labute approximate surface area is 461 Å². The molecular formula is C76H32O6Si. The fourth-order valence-electron chi connectivity index (χ4n) is 26.2. The van der Waals surface area contributed by atoms with Gasteiger partial charge in [-0.15, -0.1) is 0 Å². The van der Waals surface area contributed by atoms with Crippen molar-refractivity contribution in [3.63, 3.8) is 0 Å². The van der Waals surface area contributed by atoms with Gasteiger partial charge in [0.25, 0.3) is 0 Å². The van der Waals surface area contributed by atoms with Crippen molar-refractivity contribution < 1.29 is 28.2 Å². The van der Waals surface area contributed by atoms with Crippen LogP contribution in [0, 0.1) is 5.92 Å². The van der Waals surface area contributed by atoms with Crippen molar-refractivity contribution in [2.24, 2.45) is 5.92 Å². The molecule has 0 unspecified atom stereocenters. The summed E-state index contributed by atoms with van der Waals surface area (Å²) in [6.45, 7) is 15.0. The molecular weight excluding hydrogens is 1040 g/mol. The van der Waals surface area contributed by atoms with Gasteiger partial charge in [-0.1, -0.05) is 20.8 Å². The van der Waals surface area contributed by atoms with Gasteiger partial charge in [0.05, 0.1) is 63.0 Å². The molecule has 0 heterocycles. The molecule has 0 saturated heterocycles. The van der Waals surface area contributed by atoms with E-state index in [0.29, 0.717) is 46.2 Å². The Hall–Kier alpha value is -8.01. The minimum atomic E-state index is -1.80. The van der Waals surface area contributed by atoms with Crippen molar-refractivity contribution in [1.29, 1.82) is 0 Å². The second-order valence-corrected chi connectivity index (χ2v) is 35.2. The molecule has 376 valence electrons. The summed E-state index contributed by atoms with van der Waals surface area (Å²) in [5.74, 6) is -0.422. The minimum absolute atomic E-state index is 0.0328. The zero-order valence-corrected chi connectivity index (χ0v) is 46.2. The van der Waals surface area contributed by atoms with Crippen molar-refractivity contribution in [1.82, 2.24) is 0 Å². The normalized spacial score (nSPS) is 21.9. The molecule has 28 aromatic rings. The summed E-state index contributed by atoms with van der Waals surface area (Å²) < 4.78 is 31.3.